The van der Waals surface area contributed by atoms with Gasteiger partial charge >= 0.3 is 0 Å². The van der Waals surface area contributed by atoms with Crippen molar-refractivity contribution in [2.24, 2.45) is 0 Å². The summed E-state index contributed by atoms with van der Waals surface area (Å²) >= 11 is 0. The average Bonchev–Trinajstić information content (AvgIpc) is 3.00. The normalized spacial score (nSPS) is 23.4. The van der Waals surface area contributed by atoms with Crippen LogP contribution in [0.1, 0.15) is 12.0 Å². The summed E-state index contributed by atoms with van der Waals surface area (Å²) in [5.41, 5.74) is 2.66. The summed E-state index contributed by atoms with van der Waals surface area (Å²) in [5.74, 6) is 0. The number of β-amino-alcohol motifs (C(OH)–C–C–N with tert-alkyl or cyclic N) is 1. The van der Waals surface area contributed by atoms with Gasteiger partial charge in [-0.15, -0.1) is 0 Å². The molecule has 0 bridgehead atoms. The number of anilines is 1. The molecule has 0 aliphatic carbocycles. The van der Waals surface area contributed by atoms with E-state index in [2.05, 4.69) is 46.2 Å². The van der Waals surface area contributed by atoms with Gasteiger partial charge in [-0.1, -0.05) is 18.2 Å². The molecule has 0 amide bonds. The first-order valence-electron chi connectivity index (χ1n) is 8.28. The second kappa shape index (κ2) is 7.42. The molecule has 1 aromatic rings. The van der Waals surface area contributed by atoms with Gasteiger partial charge in [-0.05, 0) is 24.5 Å². The van der Waals surface area contributed by atoms with E-state index >= 15 is 0 Å². The summed E-state index contributed by atoms with van der Waals surface area (Å²) in [6.07, 6.45) is 1.72. The van der Waals surface area contributed by atoms with E-state index in [-0.39, 0.29) is 6.10 Å². The molecule has 2 fully saturated rings. The van der Waals surface area contributed by atoms with Crippen molar-refractivity contribution in [2.45, 2.75) is 18.9 Å². The van der Waals surface area contributed by atoms with Gasteiger partial charge in [0.25, 0.3) is 0 Å². The molecule has 0 unspecified atom stereocenters. The van der Waals surface area contributed by atoms with Crippen LogP contribution in [0.4, 0.5) is 5.69 Å². The second-order valence-electron chi connectivity index (χ2n) is 6.21. The van der Waals surface area contributed by atoms with Gasteiger partial charge in [0.2, 0.25) is 0 Å². The first kappa shape index (κ1) is 15.7. The molecule has 2 aliphatic heterocycles. The molecule has 22 heavy (non-hydrogen) atoms. The number of hydrazine groups is 1. The van der Waals surface area contributed by atoms with Gasteiger partial charge in [0, 0.05) is 45.5 Å². The number of morpholine rings is 1. The Balaban J connectivity index is 1.60. The predicted molar refractivity (Wildman–Crippen MR) is 88.0 cm³/mol. The van der Waals surface area contributed by atoms with Gasteiger partial charge in [-0.3, -0.25) is 0 Å². The zero-order valence-electron chi connectivity index (χ0n) is 13.4. The van der Waals surface area contributed by atoms with Gasteiger partial charge in [0.05, 0.1) is 19.3 Å². The molecule has 1 aromatic carbocycles. The largest absolute Gasteiger partial charge is 0.391 e. The summed E-state index contributed by atoms with van der Waals surface area (Å²) in [5, 5.41) is 14.5. The van der Waals surface area contributed by atoms with Crippen molar-refractivity contribution < 1.29 is 9.84 Å². The highest BCUT2D eigenvalue weighted by atomic mass is 16.5. The van der Waals surface area contributed by atoms with Crippen LogP contribution < -0.4 is 4.90 Å². The van der Waals surface area contributed by atoms with E-state index in [9.17, 15) is 5.11 Å². The van der Waals surface area contributed by atoms with Crippen LogP contribution in [-0.4, -0.2) is 74.2 Å². The topological polar surface area (TPSA) is 39.2 Å². The Morgan fingerprint density at radius 1 is 1.23 bits per heavy atom. The lowest BCUT2D eigenvalue weighted by Crippen LogP contribution is -2.47. The third-order valence-corrected chi connectivity index (χ3v) is 4.67. The molecule has 3 rings (SSSR count). The number of para-hydroxylation sites is 1. The quantitative estimate of drug-likeness (QED) is 0.878. The fourth-order valence-electron chi connectivity index (χ4n) is 3.31. The van der Waals surface area contributed by atoms with Gasteiger partial charge < -0.3 is 14.7 Å². The van der Waals surface area contributed by atoms with Crippen LogP contribution in [0.15, 0.2) is 24.3 Å². The zero-order valence-corrected chi connectivity index (χ0v) is 13.4. The molecule has 1 atom stereocenters. The molecule has 5 nitrogen and oxygen atoms in total. The van der Waals surface area contributed by atoms with E-state index in [4.69, 9.17) is 4.74 Å². The van der Waals surface area contributed by atoms with E-state index in [1.807, 2.05) is 0 Å². The van der Waals surface area contributed by atoms with E-state index in [1.54, 1.807) is 0 Å². The number of hydrogen-bond donors (Lipinski definition) is 1. The number of likely N-dealkylation sites (N-methyl/N-ethyl adjacent to an activating group) is 1. The third-order valence-electron chi connectivity index (χ3n) is 4.67. The second-order valence-corrected chi connectivity index (χ2v) is 6.21. The first-order chi connectivity index (χ1) is 10.7. The van der Waals surface area contributed by atoms with E-state index in [0.717, 1.165) is 58.8 Å². The highest BCUT2D eigenvalue weighted by molar-refractivity contribution is 5.54. The van der Waals surface area contributed by atoms with Crippen LogP contribution in [0.25, 0.3) is 0 Å². The minimum Gasteiger partial charge on any atom is -0.391 e. The predicted octanol–water partition coefficient (Wildman–Crippen LogP) is 0.979. The van der Waals surface area contributed by atoms with Gasteiger partial charge in [0.1, 0.15) is 0 Å². The fraction of sp³-hybridized carbons (Fsp3) is 0.647. The summed E-state index contributed by atoms with van der Waals surface area (Å²) in [4.78, 5) is 2.31. The molecule has 0 radical (unpaired) electrons. The highest BCUT2D eigenvalue weighted by Gasteiger charge is 2.22. The minimum absolute atomic E-state index is 0.177. The zero-order chi connectivity index (χ0) is 15.4. The Morgan fingerprint density at radius 3 is 2.73 bits per heavy atom. The molecule has 5 heteroatoms. The molecular weight excluding hydrogens is 278 g/mol. The lowest BCUT2D eigenvalue weighted by Gasteiger charge is -2.35. The van der Waals surface area contributed by atoms with Gasteiger partial charge in [-0.25, -0.2) is 10.0 Å². The summed E-state index contributed by atoms with van der Waals surface area (Å²) in [7, 11) is 2.16. The SMILES string of the molecule is CN(CCc1ccccc1N1CC[C@H](O)C1)N1CCOCC1. The maximum absolute atomic E-state index is 9.77. The van der Waals surface area contributed by atoms with Crippen molar-refractivity contribution in [1.29, 1.82) is 0 Å². The molecule has 1 N–H and O–H groups in total. The Morgan fingerprint density at radius 2 is 2.00 bits per heavy atom. The highest BCUT2D eigenvalue weighted by Crippen LogP contribution is 2.25. The molecule has 0 saturated carbocycles. The number of aliphatic hydroxyl groups is 1. The minimum atomic E-state index is -0.177. The van der Waals surface area contributed by atoms with Crippen LogP contribution in [0, 0.1) is 0 Å². The van der Waals surface area contributed by atoms with Crippen LogP contribution in [0.5, 0.6) is 0 Å². The Bertz CT molecular complexity index is 477. The molecule has 2 aliphatic rings. The smallest absolute Gasteiger partial charge is 0.0731 e. The van der Waals surface area contributed by atoms with Crippen molar-refractivity contribution in [2.75, 3.05) is 57.9 Å². The molecule has 0 aromatic heterocycles. The summed E-state index contributed by atoms with van der Waals surface area (Å²) in [6.45, 7) is 6.34. The standard InChI is InChI=1S/C17H27N3O2/c1-18(20-10-12-22-13-11-20)8-6-15-4-2-3-5-17(15)19-9-7-16(21)14-19/h2-5,16,21H,6-14H2,1H3/t16-/m0/s1. The molecule has 0 spiro atoms. The first-order valence-corrected chi connectivity index (χ1v) is 8.28. The fourth-order valence-corrected chi connectivity index (χ4v) is 3.31. The van der Waals surface area contributed by atoms with Crippen molar-refractivity contribution in [3.8, 4) is 0 Å². The van der Waals surface area contributed by atoms with E-state index < -0.39 is 0 Å². The molecule has 2 heterocycles. The average molecular weight is 305 g/mol. The number of rotatable bonds is 5. The van der Waals surface area contributed by atoms with Crippen molar-refractivity contribution in [1.82, 2.24) is 10.0 Å². The third kappa shape index (κ3) is 3.79. The van der Waals surface area contributed by atoms with Crippen LogP contribution in [-0.2, 0) is 11.2 Å². The maximum Gasteiger partial charge on any atom is 0.0731 e. The lowest BCUT2D eigenvalue weighted by atomic mass is 10.1. The summed E-state index contributed by atoms with van der Waals surface area (Å²) < 4.78 is 5.41. The molecule has 122 valence electrons. The van der Waals surface area contributed by atoms with Crippen molar-refractivity contribution in [3.05, 3.63) is 29.8 Å². The van der Waals surface area contributed by atoms with Crippen molar-refractivity contribution >= 4 is 5.69 Å². The molecular formula is C17H27N3O2. The Kier molecular flexibility index (Phi) is 5.31. The Hall–Kier alpha value is -1.14. The van der Waals surface area contributed by atoms with E-state index in [0.29, 0.717) is 0 Å². The van der Waals surface area contributed by atoms with Crippen LogP contribution >= 0.6 is 0 Å². The Labute approximate surface area is 133 Å². The monoisotopic (exact) mass is 305 g/mol. The lowest BCUT2D eigenvalue weighted by molar-refractivity contribution is -0.0747. The van der Waals surface area contributed by atoms with Crippen molar-refractivity contribution in [3.63, 3.8) is 0 Å². The van der Waals surface area contributed by atoms with Crippen LogP contribution in [0.2, 0.25) is 0 Å². The number of ether oxygens (including phenoxy) is 1. The van der Waals surface area contributed by atoms with Gasteiger partial charge in [-0.2, -0.15) is 0 Å². The summed E-state index contributed by atoms with van der Waals surface area (Å²) in [6, 6.07) is 8.60. The van der Waals surface area contributed by atoms with E-state index in [1.165, 1.54) is 11.3 Å². The number of hydrogen-bond acceptors (Lipinski definition) is 5. The number of aliphatic hydroxyl groups excluding tert-OH is 1. The van der Waals surface area contributed by atoms with Crippen LogP contribution in [0.3, 0.4) is 0 Å². The van der Waals surface area contributed by atoms with Gasteiger partial charge in [0.15, 0.2) is 0 Å². The number of nitrogens with zero attached hydrogens (tertiary/aromatic N) is 3. The number of benzene rings is 1. The molecule has 2 saturated heterocycles. The maximum atomic E-state index is 9.77.